The Kier molecular flexibility index (Phi) is 7.79. The van der Waals surface area contributed by atoms with Gasteiger partial charge in [-0.15, -0.1) is 10.2 Å². The lowest BCUT2D eigenvalue weighted by atomic mass is 10.1. The summed E-state index contributed by atoms with van der Waals surface area (Å²) in [6, 6.07) is 8.09. The minimum atomic E-state index is -0.501. The van der Waals surface area contributed by atoms with E-state index in [2.05, 4.69) is 25.8 Å². The second-order valence-electron chi connectivity index (χ2n) is 8.15. The monoisotopic (exact) mass is 415 g/mol. The maximum atomic E-state index is 12.1. The third-order valence-corrected chi connectivity index (χ3v) is 4.43. The average molecular weight is 416 g/mol. The van der Waals surface area contributed by atoms with Gasteiger partial charge in [-0.1, -0.05) is 24.3 Å². The molecule has 0 aliphatic rings. The molecule has 164 valence electrons. The van der Waals surface area contributed by atoms with Gasteiger partial charge in [0, 0.05) is 34.2 Å². The molecule has 2 aromatic rings. The van der Waals surface area contributed by atoms with Gasteiger partial charge >= 0.3 is 6.09 Å². The number of aromatic nitrogens is 3. The Morgan fingerprint density at radius 1 is 1.13 bits per heavy atom. The summed E-state index contributed by atoms with van der Waals surface area (Å²) in [5.74, 6) is 2.39. The molecule has 30 heavy (non-hydrogen) atoms. The molecule has 2 rings (SSSR count). The molecular formula is C21H33N7O2. The van der Waals surface area contributed by atoms with E-state index in [1.165, 1.54) is 0 Å². The summed E-state index contributed by atoms with van der Waals surface area (Å²) in [6.07, 6.45) is -0.332. The molecule has 0 bridgehead atoms. The number of ether oxygens (including phenoxy) is 1. The van der Waals surface area contributed by atoms with E-state index in [1.54, 1.807) is 19.0 Å². The van der Waals surface area contributed by atoms with E-state index >= 15 is 0 Å². The van der Waals surface area contributed by atoms with E-state index < -0.39 is 5.60 Å². The highest BCUT2D eigenvalue weighted by Gasteiger charge is 2.19. The van der Waals surface area contributed by atoms with Crippen molar-refractivity contribution in [3.8, 4) is 0 Å². The summed E-state index contributed by atoms with van der Waals surface area (Å²) >= 11 is 0. The number of aliphatic imine (C=N–C) groups is 1. The summed E-state index contributed by atoms with van der Waals surface area (Å²) in [5, 5.41) is 14.7. The van der Waals surface area contributed by atoms with Crippen molar-refractivity contribution in [3.63, 3.8) is 0 Å². The van der Waals surface area contributed by atoms with Gasteiger partial charge < -0.3 is 24.8 Å². The number of nitrogens with one attached hydrogen (secondary N) is 2. The number of rotatable bonds is 6. The van der Waals surface area contributed by atoms with Crippen LogP contribution in [0.5, 0.6) is 0 Å². The summed E-state index contributed by atoms with van der Waals surface area (Å²) in [6.45, 7) is 9.14. The Morgan fingerprint density at radius 3 is 2.27 bits per heavy atom. The van der Waals surface area contributed by atoms with Crippen molar-refractivity contribution in [3.05, 3.63) is 47.0 Å². The van der Waals surface area contributed by atoms with Crippen LogP contribution in [0, 0.1) is 6.92 Å². The fourth-order valence-electron chi connectivity index (χ4n) is 2.61. The second kappa shape index (κ2) is 10.1. The average Bonchev–Trinajstić information content (AvgIpc) is 3.00. The largest absolute Gasteiger partial charge is 0.444 e. The third kappa shape index (κ3) is 7.06. The van der Waals surface area contributed by atoms with E-state index in [4.69, 9.17) is 4.74 Å². The topological polar surface area (TPSA) is 96.7 Å². The summed E-state index contributed by atoms with van der Waals surface area (Å²) in [4.78, 5) is 17.9. The number of carbonyl (C=O) groups excluding carboxylic acids is 1. The molecule has 0 aliphatic carbocycles. The molecule has 0 unspecified atom stereocenters. The van der Waals surface area contributed by atoms with Crippen molar-refractivity contribution in [2.75, 3.05) is 14.1 Å². The predicted octanol–water partition coefficient (Wildman–Crippen LogP) is 2.36. The standard InChI is InChI=1S/C21H33N7O2/c1-15-25-26-18(28(15)7)13-24-19(22-5)23-12-16-8-10-17(11-9-16)14-27(6)20(29)30-21(2,3)4/h8-11H,12-14H2,1-7H3,(H2,22,23,24). The quantitative estimate of drug-likeness (QED) is 0.555. The van der Waals surface area contributed by atoms with Crippen molar-refractivity contribution in [1.29, 1.82) is 0 Å². The van der Waals surface area contributed by atoms with Crippen LogP contribution in [-0.2, 0) is 31.4 Å². The number of hydrogen-bond donors (Lipinski definition) is 2. The molecule has 0 saturated carbocycles. The normalized spacial score (nSPS) is 11.9. The smallest absolute Gasteiger partial charge is 0.410 e. The maximum Gasteiger partial charge on any atom is 0.410 e. The number of amides is 1. The highest BCUT2D eigenvalue weighted by atomic mass is 16.6. The lowest BCUT2D eigenvalue weighted by Crippen LogP contribution is -2.37. The number of carbonyl (C=O) groups is 1. The van der Waals surface area contributed by atoms with Crippen LogP contribution < -0.4 is 10.6 Å². The van der Waals surface area contributed by atoms with Gasteiger partial charge in [-0.2, -0.15) is 0 Å². The highest BCUT2D eigenvalue weighted by molar-refractivity contribution is 5.79. The third-order valence-electron chi connectivity index (χ3n) is 4.43. The Bertz CT molecular complexity index is 866. The minimum absolute atomic E-state index is 0.332. The zero-order valence-corrected chi connectivity index (χ0v) is 19.0. The SMILES string of the molecule is CN=C(NCc1ccc(CN(C)C(=O)OC(C)(C)C)cc1)NCc1nnc(C)n1C. The van der Waals surface area contributed by atoms with E-state index in [-0.39, 0.29) is 6.09 Å². The van der Waals surface area contributed by atoms with Crippen molar-refractivity contribution >= 4 is 12.1 Å². The molecule has 1 heterocycles. The molecule has 0 fully saturated rings. The molecule has 1 aromatic heterocycles. The van der Waals surface area contributed by atoms with Crippen molar-refractivity contribution in [1.82, 2.24) is 30.3 Å². The Balaban J connectivity index is 1.83. The summed E-state index contributed by atoms with van der Waals surface area (Å²) in [5.41, 5.74) is 1.64. The Hall–Kier alpha value is -3.10. The van der Waals surface area contributed by atoms with Gasteiger partial charge in [0.2, 0.25) is 0 Å². The number of hydrogen-bond acceptors (Lipinski definition) is 5. The van der Waals surface area contributed by atoms with Gasteiger partial charge in [0.25, 0.3) is 0 Å². The molecule has 0 aliphatic heterocycles. The van der Waals surface area contributed by atoms with E-state index in [9.17, 15) is 4.79 Å². The van der Waals surface area contributed by atoms with Gasteiger partial charge in [0.1, 0.15) is 11.4 Å². The van der Waals surface area contributed by atoms with Crippen LogP contribution in [0.1, 0.15) is 43.5 Å². The van der Waals surface area contributed by atoms with Gasteiger partial charge in [0.15, 0.2) is 11.8 Å². The van der Waals surface area contributed by atoms with Gasteiger partial charge in [0.05, 0.1) is 6.54 Å². The van der Waals surface area contributed by atoms with Gasteiger partial charge in [-0.3, -0.25) is 4.99 Å². The number of benzene rings is 1. The molecular weight excluding hydrogens is 382 g/mol. The van der Waals surface area contributed by atoms with Gasteiger partial charge in [-0.05, 0) is 38.8 Å². The Labute approximate surface area is 178 Å². The van der Waals surface area contributed by atoms with Crippen LogP contribution in [0.15, 0.2) is 29.3 Å². The van der Waals surface area contributed by atoms with Crippen molar-refractivity contribution in [2.45, 2.75) is 52.9 Å². The first-order valence-corrected chi connectivity index (χ1v) is 9.90. The molecule has 0 spiro atoms. The van der Waals surface area contributed by atoms with E-state index in [1.807, 2.05) is 63.6 Å². The molecule has 2 N–H and O–H groups in total. The first-order valence-electron chi connectivity index (χ1n) is 9.90. The van der Waals surface area contributed by atoms with Crippen LogP contribution in [0.25, 0.3) is 0 Å². The van der Waals surface area contributed by atoms with Crippen LogP contribution >= 0.6 is 0 Å². The van der Waals surface area contributed by atoms with Crippen molar-refractivity contribution < 1.29 is 9.53 Å². The summed E-state index contributed by atoms with van der Waals surface area (Å²) in [7, 11) is 5.40. The molecule has 9 heteroatoms. The van der Waals surface area contributed by atoms with E-state index in [0.717, 1.165) is 22.8 Å². The summed E-state index contributed by atoms with van der Waals surface area (Å²) < 4.78 is 7.32. The number of nitrogens with zero attached hydrogens (tertiary/aromatic N) is 5. The Morgan fingerprint density at radius 2 is 1.73 bits per heavy atom. The first-order chi connectivity index (χ1) is 14.1. The highest BCUT2D eigenvalue weighted by Crippen LogP contribution is 2.12. The maximum absolute atomic E-state index is 12.1. The predicted molar refractivity (Wildman–Crippen MR) is 117 cm³/mol. The molecule has 1 aromatic carbocycles. The molecule has 0 atom stereocenters. The van der Waals surface area contributed by atoms with Crippen LogP contribution in [0.3, 0.4) is 0 Å². The van der Waals surface area contributed by atoms with Crippen LogP contribution in [0.2, 0.25) is 0 Å². The zero-order chi connectivity index (χ0) is 22.3. The molecule has 1 amide bonds. The molecule has 9 nitrogen and oxygen atoms in total. The lowest BCUT2D eigenvalue weighted by molar-refractivity contribution is 0.0285. The van der Waals surface area contributed by atoms with E-state index in [0.29, 0.717) is 25.6 Å². The minimum Gasteiger partial charge on any atom is -0.444 e. The first kappa shape index (κ1) is 23.2. The lowest BCUT2D eigenvalue weighted by Gasteiger charge is -2.24. The second-order valence-corrected chi connectivity index (χ2v) is 8.15. The van der Waals surface area contributed by atoms with Crippen LogP contribution in [0.4, 0.5) is 4.79 Å². The number of guanidine groups is 1. The molecule has 0 radical (unpaired) electrons. The van der Waals surface area contributed by atoms with Gasteiger partial charge in [-0.25, -0.2) is 4.79 Å². The van der Waals surface area contributed by atoms with Crippen molar-refractivity contribution in [2.24, 2.45) is 12.0 Å². The fraction of sp³-hybridized carbons (Fsp3) is 0.524. The fourth-order valence-corrected chi connectivity index (χ4v) is 2.61. The molecule has 0 saturated heterocycles. The number of aryl methyl sites for hydroxylation is 1. The van der Waals surface area contributed by atoms with Crippen LogP contribution in [-0.4, -0.2) is 51.4 Å². The zero-order valence-electron chi connectivity index (χ0n) is 19.0.